The Kier molecular flexibility index (Phi) is 7.79. The van der Waals surface area contributed by atoms with Crippen LogP contribution < -0.4 is 10.2 Å². The summed E-state index contributed by atoms with van der Waals surface area (Å²) >= 11 is 0. The first-order chi connectivity index (χ1) is 16.6. The number of rotatable bonds is 10. The quantitative estimate of drug-likeness (QED) is 0.363. The Hall–Kier alpha value is -3.83. The van der Waals surface area contributed by atoms with E-state index in [1.54, 1.807) is 0 Å². The molecule has 0 aromatic heterocycles. The third kappa shape index (κ3) is 6.15. The summed E-state index contributed by atoms with van der Waals surface area (Å²) in [6.07, 6.45) is 6.64. The van der Waals surface area contributed by atoms with Gasteiger partial charge >= 0.3 is 5.97 Å². The smallest absolute Gasteiger partial charge is 0.341 e. The fourth-order valence-electron chi connectivity index (χ4n) is 4.06. The Labute approximate surface area is 200 Å². The first-order valence-corrected chi connectivity index (χ1v) is 11.4. The van der Waals surface area contributed by atoms with E-state index in [4.69, 9.17) is 14.7 Å². The summed E-state index contributed by atoms with van der Waals surface area (Å²) in [5.74, 6) is -0.313. The van der Waals surface area contributed by atoms with Gasteiger partial charge in [-0.2, -0.15) is 0 Å². The minimum Gasteiger partial charge on any atom is -0.482 e. The third-order valence-corrected chi connectivity index (χ3v) is 5.79. The van der Waals surface area contributed by atoms with Gasteiger partial charge in [0.2, 0.25) is 0 Å². The van der Waals surface area contributed by atoms with Gasteiger partial charge < -0.3 is 9.84 Å². The van der Waals surface area contributed by atoms with Gasteiger partial charge in [-0.05, 0) is 48.9 Å². The van der Waals surface area contributed by atoms with Gasteiger partial charge in [-0.25, -0.2) is 4.79 Å². The Balaban J connectivity index is 1.40. The highest BCUT2D eigenvalue weighted by molar-refractivity contribution is 5.69. The number of carboxylic acid groups (broad SMARTS) is 1. The van der Waals surface area contributed by atoms with Crippen molar-refractivity contribution in [3.63, 3.8) is 0 Å². The van der Waals surface area contributed by atoms with Crippen molar-refractivity contribution in [2.45, 2.75) is 32.3 Å². The Morgan fingerprint density at radius 2 is 1.65 bits per heavy atom. The maximum atomic E-state index is 10.8. The maximum absolute atomic E-state index is 10.8. The van der Waals surface area contributed by atoms with Crippen LogP contribution in [0.15, 0.2) is 96.2 Å². The van der Waals surface area contributed by atoms with Crippen molar-refractivity contribution in [1.82, 2.24) is 5.48 Å². The number of hydroxylamine groups is 1. The zero-order valence-corrected chi connectivity index (χ0v) is 19.2. The molecule has 1 aliphatic carbocycles. The maximum Gasteiger partial charge on any atom is 0.341 e. The molecule has 0 atom stereocenters. The molecule has 34 heavy (non-hydrogen) atoms. The molecule has 5 nitrogen and oxygen atoms in total. The molecule has 0 unspecified atom stereocenters. The van der Waals surface area contributed by atoms with Crippen molar-refractivity contribution in [2.75, 3.05) is 6.61 Å². The van der Waals surface area contributed by atoms with Crippen LogP contribution in [0.1, 0.15) is 48.1 Å². The number of hydrogen-bond donors (Lipinski definition) is 2. The molecule has 0 spiro atoms. The second-order valence-corrected chi connectivity index (χ2v) is 8.32. The van der Waals surface area contributed by atoms with Crippen molar-refractivity contribution in [3.8, 4) is 5.75 Å². The first kappa shape index (κ1) is 23.3. The number of hydrogen-bond acceptors (Lipinski definition) is 4. The lowest BCUT2D eigenvalue weighted by Gasteiger charge is -2.20. The summed E-state index contributed by atoms with van der Waals surface area (Å²) in [5.41, 5.74) is 9.72. The summed E-state index contributed by atoms with van der Waals surface area (Å²) in [6.45, 7) is 1.68. The van der Waals surface area contributed by atoms with E-state index < -0.39 is 5.97 Å². The topological polar surface area (TPSA) is 67.8 Å². The second-order valence-electron chi connectivity index (χ2n) is 8.32. The van der Waals surface area contributed by atoms with Crippen LogP contribution in [0.3, 0.4) is 0 Å². The largest absolute Gasteiger partial charge is 0.482 e. The number of fused-ring (bicyclic) bond motifs is 1. The van der Waals surface area contributed by atoms with Gasteiger partial charge in [0.1, 0.15) is 11.9 Å². The standard InChI is InChI=1S/C29H29NO4/c1-21(30-34-29(23-9-4-2-5-10-23)24-11-6-3-7-12-24)15-16-22-17-18-26-25(19-22)13-8-14-27(26)33-20-28(31)32/h2-15,19,29-30H,16-18,20H2,1H3,(H,31,32). The molecule has 2 N–H and O–H groups in total. The van der Waals surface area contributed by atoms with E-state index in [1.807, 2.05) is 61.5 Å². The lowest BCUT2D eigenvalue weighted by molar-refractivity contribution is -0.139. The summed E-state index contributed by atoms with van der Waals surface area (Å²) in [4.78, 5) is 17.0. The zero-order valence-electron chi connectivity index (χ0n) is 19.2. The molecular weight excluding hydrogens is 426 g/mol. The number of nitrogens with one attached hydrogen (secondary N) is 1. The highest BCUT2D eigenvalue weighted by atomic mass is 16.7. The lowest BCUT2D eigenvalue weighted by Crippen LogP contribution is -2.18. The van der Waals surface area contributed by atoms with E-state index >= 15 is 0 Å². The molecule has 0 heterocycles. The fourth-order valence-corrected chi connectivity index (χ4v) is 4.06. The summed E-state index contributed by atoms with van der Waals surface area (Å²) in [6, 6.07) is 26.1. The summed E-state index contributed by atoms with van der Waals surface area (Å²) in [5, 5.41) is 8.89. The van der Waals surface area contributed by atoms with Crippen molar-refractivity contribution in [3.05, 3.63) is 118 Å². The second kappa shape index (κ2) is 11.3. The van der Waals surface area contributed by atoms with E-state index in [2.05, 4.69) is 41.9 Å². The molecule has 174 valence electrons. The predicted octanol–water partition coefficient (Wildman–Crippen LogP) is 6.08. The molecule has 0 aliphatic heterocycles. The van der Waals surface area contributed by atoms with Crippen molar-refractivity contribution >= 4 is 12.0 Å². The van der Waals surface area contributed by atoms with Crippen LogP contribution in [-0.4, -0.2) is 17.7 Å². The monoisotopic (exact) mass is 455 g/mol. The van der Waals surface area contributed by atoms with Gasteiger partial charge in [0.25, 0.3) is 0 Å². The zero-order chi connectivity index (χ0) is 23.8. The van der Waals surface area contributed by atoms with Gasteiger partial charge in [0.05, 0.1) is 0 Å². The average molecular weight is 456 g/mol. The lowest BCUT2D eigenvalue weighted by atomic mass is 9.90. The van der Waals surface area contributed by atoms with Crippen LogP contribution in [0.5, 0.6) is 5.75 Å². The SMILES string of the molecule is CC(=CCC1=Cc2cccc(OCC(=O)O)c2CC1)NOC(c1ccccc1)c1ccccc1. The van der Waals surface area contributed by atoms with Crippen LogP contribution in [-0.2, 0) is 16.1 Å². The highest BCUT2D eigenvalue weighted by Crippen LogP contribution is 2.32. The number of benzene rings is 3. The molecule has 3 aromatic rings. The molecule has 1 aliphatic rings. The molecule has 0 bridgehead atoms. The van der Waals surface area contributed by atoms with Crippen molar-refractivity contribution < 1.29 is 19.5 Å². The molecule has 3 aromatic carbocycles. The summed E-state index contributed by atoms with van der Waals surface area (Å²) < 4.78 is 5.46. The van der Waals surface area contributed by atoms with E-state index in [0.29, 0.717) is 5.75 Å². The van der Waals surface area contributed by atoms with Crippen LogP contribution >= 0.6 is 0 Å². The molecular formula is C29H29NO4. The predicted molar refractivity (Wildman–Crippen MR) is 133 cm³/mol. The minimum absolute atomic E-state index is 0.212. The molecule has 0 saturated carbocycles. The normalized spacial score (nSPS) is 13.2. The van der Waals surface area contributed by atoms with Crippen LogP contribution in [0.2, 0.25) is 0 Å². The average Bonchev–Trinajstić information content (AvgIpc) is 2.87. The number of aliphatic carboxylic acids is 1. The molecule has 4 rings (SSSR count). The Bertz CT molecular complexity index is 1130. The van der Waals surface area contributed by atoms with Gasteiger partial charge in [0.15, 0.2) is 6.61 Å². The van der Waals surface area contributed by atoms with Gasteiger partial charge in [0, 0.05) is 11.3 Å². The number of carbonyl (C=O) groups is 1. The molecule has 0 saturated heterocycles. The van der Waals surface area contributed by atoms with E-state index in [-0.39, 0.29) is 12.7 Å². The van der Waals surface area contributed by atoms with E-state index in [1.165, 1.54) is 5.57 Å². The van der Waals surface area contributed by atoms with E-state index in [9.17, 15) is 4.79 Å². The van der Waals surface area contributed by atoms with Gasteiger partial charge in [-0.3, -0.25) is 10.3 Å². The van der Waals surface area contributed by atoms with Crippen LogP contribution in [0.4, 0.5) is 0 Å². The Morgan fingerprint density at radius 1 is 0.971 bits per heavy atom. The third-order valence-electron chi connectivity index (χ3n) is 5.79. The molecule has 0 amide bonds. The molecule has 0 fully saturated rings. The number of carboxylic acids is 1. The minimum atomic E-state index is -0.971. The van der Waals surface area contributed by atoms with Crippen LogP contribution in [0.25, 0.3) is 6.08 Å². The molecule has 5 heteroatoms. The first-order valence-electron chi connectivity index (χ1n) is 11.4. The van der Waals surface area contributed by atoms with Crippen molar-refractivity contribution in [1.29, 1.82) is 0 Å². The number of ether oxygens (including phenoxy) is 1. The van der Waals surface area contributed by atoms with Crippen LogP contribution in [0, 0.1) is 0 Å². The number of allylic oxidation sites excluding steroid dienone is 3. The Morgan fingerprint density at radius 3 is 2.29 bits per heavy atom. The van der Waals surface area contributed by atoms with Crippen molar-refractivity contribution in [2.24, 2.45) is 0 Å². The highest BCUT2D eigenvalue weighted by Gasteiger charge is 2.16. The van der Waals surface area contributed by atoms with E-state index in [0.717, 1.165) is 47.2 Å². The van der Waals surface area contributed by atoms with Gasteiger partial charge in [-0.15, -0.1) is 0 Å². The summed E-state index contributed by atoms with van der Waals surface area (Å²) in [7, 11) is 0. The fraction of sp³-hybridized carbons (Fsp3) is 0.207. The van der Waals surface area contributed by atoms with Gasteiger partial charge in [-0.1, -0.05) is 90.5 Å². The molecule has 0 radical (unpaired) electrons.